The zero-order valence-corrected chi connectivity index (χ0v) is 9.94. The number of aryl methyl sites for hydroxylation is 2. The molecular formula is C12H17ClFN. The van der Waals surface area contributed by atoms with E-state index in [1.165, 1.54) is 0 Å². The van der Waals surface area contributed by atoms with Gasteiger partial charge in [0.25, 0.3) is 0 Å². The highest BCUT2D eigenvalue weighted by Gasteiger charge is 2.05. The lowest BCUT2D eigenvalue weighted by Gasteiger charge is -2.07. The third-order valence-corrected chi connectivity index (χ3v) is 2.67. The van der Waals surface area contributed by atoms with E-state index in [0.29, 0.717) is 5.56 Å². The fraction of sp³-hybridized carbons (Fsp3) is 0.500. The lowest BCUT2D eigenvalue weighted by molar-refractivity contribution is 0.611. The summed E-state index contributed by atoms with van der Waals surface area (Å²) in [6, 6.07) is 3.77. The molecule has 1 atom stereocenters. The van der Waals surface area contributed by atoms with Crippen LogP contribution in [0.5, 0.6) is 0 Å². The first kappa shape index (κ1) is 12.5. The van der Waals surface area contributed by atoms with Gasteiger partial charge in [0, 0.05) is 6.04 Å². The van der Waals surface area contributed by atoms with E-state index in [9.17, 15) is 4.39 Å². The molecule has 0 aliphatic heterocycles. The molecule has 1 aromatic rings. The molecule has 0 aliphatic carbocycles. The van der Waals surface area contributed by atoms with Crippen LogP contribution in [0.3, 0.4) is 0 Å². The van der Waals surface area contributed by atoms with Crippen molar-refractivity contribution in [1.82, 2.24) is 0 Å². The SMILES string of the molecule is Cc1cc(CCC[C@@H](C)N)cc(Cl)c1F. The predicted octanol–water partition coefficient (Wildman–Crippen LogP) is 3.46. The molecule has 0 amide bonds. The smallest absolute Gasteiger partial charge is 0.144 e. The Morgan fingerprint density at radius 2 is 2.13 bits per heavy atom. The van der Waals surface area contributed by atoms with E-state index in [1.807, 2.05) is 13.0 Å². The molecule has 0 fully saturated rings. The van der Waals surface area contributed by atoms with Gasteiger partial charge in [-0.2, -0.15) is 0 Å². The number of hydrogen-bond donors (Lipinski definition) is 1. The molecule has 0 saturated heterocycles. The van der Waals surface area contributed by atoms with Crippen molar-refractivity contribution in [3.05, 3.63) is 34.1 Å². The molecule has 0 heterocycles. The fourth-order valence-corrected chi connectivity index (χ4v) is 1.86. The van der Waals surface area contributed by atoms with E-state index in [-0.39, 0.29) is 16.9 Å². The minimum atomic E-state index is -0.312. The molecule has 1 nitrogen and oxygen atoms in total. The third-order valence-electron chi connectivity index (χ3n) is 2.39. The molecule has 84 valence electrons. The highest BCUT2D eigenvalue weighted by molar-refractivity contribution is 6.30. The van der Waals surface area contributed by atoms with E-state index in [1.54, 1.807) is 13.0 Å². The van der Waals surface area contributed by atoms with Crippen LogP contribution >= 0.6 is 11.6 Å². The normalized spacial score (nSPS) is 12.9. The average Bonchev–Trinajstić information content (AvgIpc) is 2.13. The zero-order chi connectivity index (χ0) is 11.4. The molecule has 3 heteroatoms. The Kier molecular flexibility index (Phi) is 4.55. The second kappa shape index (κ2) is 5.47. The Labute approximate surface area is 95.4 Å². The van der Waals surface area contributed by atoms with Crippen molar-refractivity contribution in [1.29, 1.82) is 0 Å². The quantitative estimate of drug-likeness (QED) is 0.841. The summed E-state index contributed by atoms with van der Waals surface area (Å²) in [4.78, 5) is 0. The molecule has 2 N–H and O–H groups in total. The van der Waals surface area contributed by atoms with Crippen LogP contribution in [0.4, 0.5) is 4.39 Å². The molecule has 0 aromatic heterocycles. The monoisotopic (exact) mass is 229 g/mol. The van der Waals surface area contributed by atoms with Gasteiger partial charge in [0.1, 0.15) is 5.82 Å². The first-order chi connectivity index (χ1) is 7.00. The van der Waals surface area contributed by atoms with Crippen molar-refractivity contribution in [3.63, 3.8) is 0 Å². The van der Waals surface area contributed by atoms with Crippen molar-refractivity contribution in [2.75, 3.05) is 0 Å². The van der Waals surface area contributed by atoms with Crippen LogP contribution in [0.2, 0.25) is 5.02 Å². The molecule has 1 rings (SSSR count). The Hall–Kier alpha value is -0.600. The molecule has 15 heavy (non-hydrogen) atoms. The van der Waals surface area contributed by atoms with E-state index >= 15 is 0 Å². The summed E-state index contributed by atoms with van der Waals surface area (Å²) >= 11 is 5.76. The van der Waals surface area contributed by atoms with Gasteiger partial charge in [0.15, 0.2) is 0 Å². The van der Waals surface area contributed by atoms with Crippen LogP contribution in [-0.4, -0.2) is 6.04 Å². The minimum Gasteiger partial charge on any atom is -0.328 e. The van der Waals surface area contributed by atoms with Crippen LogP contribution in [0.1, 0.15) is 30.9 Å². The molecule has 0 aliphatic rings. The van der Waals surface area contributed by atoms with Gasteiger partial charge < -0.3 is 5.73 Å². The van der Waals surface area contributed by atoms with Crippen molar-refractivity contribution in [2.45, 2.75) is 39.2 Å². The maximum absolute atomic E-state index is 13.2. The van der Waals surface area contributed by atoms with Crippen LogP contribution in [0.25, 0.3) is 0 Å². The molecular weight excluding hydrogens is 213 g/mol. The van der Waals surface area contributed by atoms with Crippen molar-refractivity contribution in [2.24, 2.45) is 5.73 Å². The number of hydrogen-bond acceptors (Lipinski definition) is 1. The van der Waals surface area contributed by atoms with Crippen LogP contribution < -0.4 is 5.73 Å². The second-order valence-corrected chi connectivity index (χ2v) is 4.49. The van der Waals surface area contributed by atoms with E-state index in [0.717, 1.165) is 24.8 Å². The molecule has 0 radical (unpaired) electrons. The van der Waals surface area contributed by atoms with Gasteiger partial charge in [-0.15, -0.1) is 0 Å². The molecule has 1 aromatic carbocycles. The molecule has 0 saturated carbocycles. The van der Waals surface area contributed by atoms with Crippen molar-refractivity contribution in [3.8, 4) is 0 Å². The Morgan fingerprint density at radius 1 is 1.47 bits per heavy atom. The van der Waals surface area contributed by atoms with E-state index in [4.69, 9.17) is 17.3 Å². The van der Waals surface area contributed by atoms with E-state index in [2.05, 4.69) is 0 Å². The van der Waals surface area contributed by atoms with Crippen LogP contribution in [0, 0.1) is 12.7 Å². The summed E-state index contributed by atoms with van der Waals surface area (Å²) < 4.78 is 13.2. The predicted molar refractivity (Wildman–Crippen MR) is 62.7 cm³/mol. The Balaban J connectivity index is 2.63. The summed E-state index contributed by atoms with van der Waals surface area (Å²) in [5.74, 6) is -0.312. The molecule has 0 spiro atoms. The maximum Gasteiger partial charge on any atom is 0.144 e. The zero-order valence-electron chi connectivity index (χ0n) is 9.19. The largest absolute Gasteiger partial charge is 0.328 e. The van der Waals surface area contributed by atoms with Gasteiger partial charge in [-0.05, 0) is 50.3 Å². The number of nitrogens with two attached hydrogens (primary N) is 1. The summed E-state index contributed by atoms with van der Waals surface area (Å²) in [6.07, 6.45) is 2.90. The third kappa shape index (κ3) is 3.80. The fourth-order valence-electron chi connectivity index (χ4n) is 1.57. The second-order valence-electron chi connectivity index (χ2n) is 4.08. The van der Waals surface area contributed by atoms with Gasteiger partial charge in [-0.25, -0.2) is 4.39 Å². The van der Waals surface area contributed by atoms with Gasteiger partial charge >= 0.3 is 0 Å². The lowest BCUT2D eigenvalue weighted by Crippen LogP contribution is -2.14. The topological polar surface area (TPSA) is 26.0 Å². The summed E-state index contributed by atoms with van der Waals surface area (Å²) in [6.45, 7) is 3.72. The summed E-state index contributed by atoms with van der Waals surface area (Å²) in [7, 11) is 0. The van der Waals surface area contributed by atoms with Gasteiger partial charge in [-0.1, -0.05) is 17.7 Å². The Bertz CT molecular complexity index is 313. The number of benzene rings is 1. The van der Waals surface area contributed by atoms with Gasteiger partial charge in [0.05, 0.1) is 5.02 Å². The van der Waals surface area contributed by atoms with Crippen molar-refractivity contribution >= 4 is 11.6 Å². The standard InChI is InChI=1S/C12H17ClFN/c1-8-6-10(5-3-4-9(2)15)7-11(13)12(8)14/h6-7,9H,3-5,15H2,1-2H3/t9-/m1/s1. The summed E-state index contributed by atoms with van der Waals surface area (Å²) in [5.41, 5.74) is 7.35. The van der Waals surface area contributed by atoms with E-state index < -0.39 is 0 Å². The number of halogens is 2. The van der Waals surface area contributed by atoms with Gasteiger partial charge in [-0.3, -0.25) is 0 Å². The lowest BCUT2D eigenvalue weighted by atomic mass is 10.0. The molecule has 0 unspecified atom stereocenters. The Morgan fingerprint density at radius 3 is 2.67 bits per heavy atom. The van der Waals surface area contributed by atoms with Crippen molar-refractivity contribution < 1.29 is 4.39 Å². The van der Waals surface area contributed by atoms with Crippen LogP contribution in [0.15, 0.2) is 12.1 Å². The van der Waals surface area contributed by atoms with Crippen LogP contribution in [-0.2, 0) is 6.42 Å². The molecule has 0 bridgehead atoms. The first-order valence-corrected chi connectivity index (χ1v) is 5.58. The maximum atomic E-state index is 13.2. The first-order valence-electron chi connectivity index (χ1n) is 5.21. The number of rotatable bonds is 4. The highest BCUT2D eigenvalue weighted by atomic mass is 35.5. The van der Waals surface area contributed by atoms with Gasteiger partial charge in [0.2, 0.25) is 0 Å². The summed E-state index contributed by atoms with van der Waals surface area (Å²) in [5, 5.41) is 0.214. The minimum absolute atomic E-state index is 0.214. The average molecular weight is 230 g/mol. The highest BCUT2D eigenvalue weighted by Crippen LogP contribution is 2.21.